The summed E-state index contributed by atoms with van der Waals surface area (Å²) in [6.45, 7) is 9.66. The molecule has 0 aliphatic rings. The van der Waals surface area contributed by atoms with Crippen molar-refractivity contribution in [2.75, 3.05) is 11.4 Å². The summed E-state index contributed by atoms with van der Waals surface area (Å²) in [7, 11) is 0. The fourth-order valence-corrected chi connectivity index (χ4v) is 2.16. The molecular formula is C14H22N2S. The summed E-state index contributed by atoms with van der Waals surface area (Å²) >= 11 is 5.15. The predicted octanol–water partition coefficient (Wildman–Crippen LogP) is 3.25. The minimum atomic E-state index is 0.450. The molecule has 0 amide bonds. The first kappa shape index (κ1) is 14.0. The first-order valence-electron chi connectivity index (χ1n) is 6.14. The summed E-state index contributed by atoms with van der Waals surface area (Å²) in [5, 5.41) is 0. The van der Waals surface area contributed by atoms with E-state index in [2.05, 4.69) is 50.8 Å². The van der Waals surface area contributed by atoms with Gasteiger partial charge in [-0.25, -0.2) is 0 Å². The molecule has 0 fully saturated rings. The fourth-order valence-electron chi connectivity index (χ4n) is 2.00. The monoisotopic (exact) mass is 250 g/mol. The minimum absolute atomic E-state index is 0.450. The first-order valence-corrected chi connectivity index (χ1v) is 6.55. The maximum Gasteiger partial charge on any atom is 0.106 e. The van der Waals surface area contributed by atoms with E-state index in [9.17, 15) is 0 Å². The molecular weight excluding hydrogens is 228 g/mol. The second-order valence-electron chi connectivity index (χ2n) is 4.67. The number of aryl methyl sites for hydroxylation is 1. The van der Waals surface area contributed by atoms with Gasteiger partial charge in [0.2, 0.25) is 0 Å². The molecule has 3 heteroatoms. The molecule has 1 rings (SSSR count). The van der Waals surface area contributed by atoms with Crippen LogP contribution < -0.4 is 10.6 Å². The topological polar surface area (TPSA) is 29.3 Å². The highest BCUT2D eigenvalue weighted by Crippen LogP contribution is 2.24. The highest BCUT2D eigenvalue weighted by Gasteiger charge is 2.15. The SMILES string of the molecule is CCCN(c1ccc(C)cc1C(N)=S)C(C)C. The molecule has 1 aromatic rings. The van der Waals surface area contributed by atoms with Crippen molar-refractivity contribution >= 4 is 22.9 Å². The van der Waals surface area contributed by atoms with Gasteiger partial charge >= 0.3 is 0 Å². The minimum Gasteiger partial charge on any atom is -0.389 e. The normalized spacial score (nSPS) is 10.6. The lowest BCUT2D eigenvalue weighted by molar-refractivity contribution is 0.670. The largest absolute Gasteiger partial charge is 0.389 e. The molecule has 0 heterocycles. The molecule has 0 aliphatic heterocycles. The molecule has 1 aromatic carbocycles. The zero-order chi connectivity index (χ0) is 13.0. The number of anilines is 1. The van der Waals surface area contributed by atoms with E-state index in [-0.39, 0.29) is 0 Å². The number of nitrogens with zero attached hydrogens (tertiary/aromatic N) is 1. The number of thiocarbonyl (C=S) groups is 1. The van der Waals surface area contributed by atoms with Crippen molar-refractivity contribution in [2.24, 2.45) is 5.73 Å². The van der Waals surface area contributed by atoms with E-state index >= 15 is 0 Å². The van der Waals surface area contributed by atoms with E-state index in [4.69, 9.17) is 18.0 Å². The maximum atomic E-state index is 5.82. The molecule has 0 bridgehead atoms. The Morgan fingerprint density at radius 3 is 2.53 bits per heavy atom. The van der Waals surface area contributed by atoms with Crippen LogP contribution in [-0.2, 0) is 0 Å². The van der Waals surface area contributed by atoms with Crippen LogP contribution in [0, 0.1) is 6.92 Å². The molecule has 0 unspecified atom stereocenters. The van der Waals surface area contributed by atoms with Crippen LogP contribution in [0.25, 0.3) is 0 Å². The molecule has 0 atom stereocenters. The van der Waals surface area contributed by atoms with Crippen molar-refractivity contribution in [3.8, 4) is 0 Å². The zero-order valence-electron chi connectivity index (χ0n) is 11.2. The smallest absolute Gasteiger partial charge is 0.106 e. The maximum absolute atomic E-state index is 5.82. The third kappa shape index (κ3) is 3.43. The van der Waals surface area contributed by atoms with Crippen LogP contribution in [0.5, 0.6) is 0 Å². The Labute approximate surface area is 110 Å². The Kier molecular flexibility index (Phi) is 4.94. The Hall–Kier alpha value is -1.09. The van der Waals surface area contributed by atoms with Gasteiger partial charge in [-0.1, -0.05) is 30.8 Å². The van der Waals surface area contributed by atoms with Crippen molar-refractivity contribution in [3.63, 3.8) is 0 Å². The van der Waals surface area contributed by atoms with Gasteiger partial charge in [-0.15, -0.1) is 0 Å². The number of rotatable bonds is 5. The number of nitrogens with two attached hydrogens (primary N) is 1. The van der Waals surface area contributed by atoms with Crippen LogP contribution in [0.3, 0.4) is 0 Å². The van der Waals surface area contributed by atoms with Gasteiger partial charge in [0.05, 0.1) is 0 Å². The van der Waals surface area contributed by atoms with Gasteiger partial charge in [0.1, 0.15) is 4.99 Å². The molecule has 0 radical (unpaired) electrons. The summed E-state index contributed by atoms with van der Waals surface area (Å²) in [5.74, 6) is 0. The van der Waals surface area contributed by atoms with E-state index in [1.807, 2.05) is 0 Å². The molecule has 0 saturated heterocycles. The Morgan fingerprint density at radius 2 is 2.06 bits per heavy atom. The molecule has 2 N–H and O–H groups in total. The molecule has 0 aromatic heterocycles. The molecule has 17 heavy (non-hydrogen) atoms. The highest BCUT2D eigenvalue weighted by molar-refractivity contribution is 7.80. The number of hydrogen-bond donors (Lipinski definition) is 1. The predicted molar refractivity (Wildman–Crippen MR) is 79.8 cm³/mol. The summed E-state index contributed by atoms with van der Waals surface area (Å²) in [6, 6.07) is 6.76. The van der Waals surface area contributed by atoms with Crippen LogP contribution in [0.1, 0.15) is 38.3 Å². The standard InChI is InChI=1S/C14H22N2S/c1-5-8-16(10(2)3)13-7-6-11(4)9-12(13)14(15)17/h6-7,9-10H,5,8H2,1-4H3,(H2,15,17). The molecule has 0 spiro atoms. The number of benzene rings is 1. The Balaban J connectivity index is 3.22. The third-order valence-corrected chi connectivity index (χ3v) is 3.03. The zero-order valence-corrected chi connectivity index (χ0v) is 12.0. The van der Waals surface area contributed by atoms with Gasteiger partial charge in [-0.05, 0) is 39.3 Å². The van der Waals surface area contributed by atoms with Crippen molar-refractivity contribution in [3.05, 3.63) is 29.3 Å². The first-order chi connectivity index (χ1) is 7.97. The lowest BCUT2D eigenvalue weighted by Gasteiger charge is -2.30. The number of hydrogen-bond acceptors (Lipinski definition) is 2. The summed E-state index contributed by atoms with van der Waals surface area (Å²) in [6.07, 6.45) is 1.11. The second-order valence-corrected chi connectivity index (χ2v) is 5.11. The van der Waals surface area contributed by atoms with Crippen LogP contribution in [0.15, 0.2) is 18.2 Å². The average Bonchev–Trinajstić information content (AvgIpc) is 2.26. The van der Waals surface area contributed by atoms with Crippen LogP contribution in [-0.4, -0.2) is 17.6 Å². The summed E-state index contributed by atoms with van der Waals surface area (Å²) < 4.78 is 0. The van der Waals surface area contributed by atoms with Crippen LogP contribution >= 0.6 is 12.2 Å². The van der Waals surface area contributed by atoms with E-state index in [1.54, 1.807) is 0 Å². The van der Waals surface area contributed by atoms with Crippen LogP contribution in [0.4, 0.5) is 5.69 Å². The van der Waals surface area contributed by atoms with Gasteiger partial charge in [-0.3, -0.25) is 0 Å². The quantitative estimate of drug-likeness (QED) is 0.813. The lowest BCUT2D eigenvalue weighted by Crippen LogP contribution is -2.33. The van der Waals surface area contributed by atoms with Gasteiger partial charge in [0.25, 0.3) is 0 Å². The molecule has 94 valence electrons. The second kappa shape index (κ2) is 6.01. The van der Waals surface area contributed by atoms with E-state index in [0.717, 1.165) is 24.2 Å². The van der Waals surface area contributed by atoms with Gasteiger partial charge in [0, 0.05) is 23.8 Å². The van der Waals surface area contributed by atoms with Crippen molar-refractivity contribution in [2.45, 2.75) is 40.2 Å². The Bertz CT molecular complexity index is 399. The van der Waals surface area contributed by atoms with E-state index in [1.165, 1.54) is 5.56 Å². The van der Waals surface area contributed by atoms with Gasteiger partial charge in [0.15, 0.2) is 0 Å². The molecule has 0 aliphatic carbocycles. The van der Waals surface area contributed by atoms with E-state index in [0.29, 0.717) is 11.0 Å². The summed E-state index contributed by atoms with van der Waals surface area (Å²) in [5.41, 5.74) is 9.15. The van der Waals surface area contributed by atoms with Gasteiger partial charge in [-0.2, -0.15) is 0 Å². The highest BCUT2D eigenvalue weighted by atomic mass is 32.1. The Morgan fingerprint density at radius 1 is 1.41 bits per heavy atom. The fraction of sp³-hybridized carbons (Fsp3) is 0.500. The van der Waals surface area contributed by atoms with Gasteiger partial charge < -0.3 is 10.6 Å². The molecule has 2 nitrogen and oxygen atoms in total. The third-order valence-electron chi connectivity index (χ3n) is 2.81. The average molecular weight is 250 g/mol. The van der Waals surface area contributed by atoms with Crippen molar-refractivity contribution < 1.29 is 0 Å². The molecule has 0 saturated carbocycles. The van der Waals surface area contributed by atoms with Crippen LogP contribution in [0.2, 0.25) is 0 Å². The lowest BCUT2D eigenvalue weighted by atomic mass is 10.1. The van der Waals surface area contributed by atoms with Crippen molar-refractivity contribution in [1.82, 2.24) is 0 Å². The van der Waals surface area contributed by atoms with E-state index < -0.39 is 0 Å². The summed E-state index contributed by atoms with van der Waals surface area (Å²) in [4.78, 5) is 2.83. The van der Waals surface area contributed by atoms with Crippen molar-refractivity contribution in [1.29, 1.82) is 0 Å².